The van der Waals surface area contributed by atoms with E-state index in [0.29, 0.717) is 0 Å². The Labute approximate surface area is 172 Å². The van der Waals surface area contributed by atoms with Crippen LogP contribution in [0.5, 0.6) is 5.75 Å². The van der Waals surface area contributed by atoms with Crippen LogP contribution in [-0.2, 0) is 17.1 Å². The van der Waals surface area contributed by atoms with E-state index in [2.05, 4.69) is 16.6 Å². The fourth-order valence-electron chi connectivity index (χ4n) is 3.07. The van der Waals surface area contributed by atoms with Gasteiger partial charge in [0.15, 0.2) is 11.4 Å². The van der Waals surface area contributed by atoms with Crippen molar-refractivity contribution in [3.63, 3.8) is 0 Å². The molecule has 0 aliphatic carbocycles. The number of hydrogen-bond donors (Lipinski definition) is 3. The average Bonchev–Trinajstić information content (AvgIpc) is 2.99. The van der Waals surface area contributed by atoms with Gasteiger partial charge < -0.3 is 19.7 Å². The first-order valence-corrected chi connectivity index (χ1v) is 10.2. The summed E-state index contributed by atoms with van der Waals surface area (Å²) in [5.74, 6) is -1.65. The second-order valence-corrected chi connectivity index (χ2v) is 8.69. The van der Waals surface area contributed by atoms with Crippen LogP contribution < -0.4 is 14.8 Å². The predicted octanol–water partition coefficient (Wildman–Crippen LogP) is 1.26. The highest BCUT2D eigenvalue weighted by Crippen LogP contribution is 2.35. The summed E-state index contributed by atoms with van der Waals surface area (Å²) < 4.78 is 48.5. The van der Waals surface area contributed by atoms with Crippen molar-refractivity contribution in [2.75, 3.05) is 11.9 Å². The summed E-state index contributed by atoms with van der Waals surface area (Å²) in [6, 6.07) is 5.14. The van der Waals surface area contributed by atoms with E-state index in [1.807, 2.05) is 0 Å². The number of aromatic nitrogens is 1. The second kappa shape index (κ2) is 7.56. The molecule has 0 fully saturated rings. The molecule has 0 bridgehead atoms. The van der Waals surface area contributed by atoms with E-state index in [1.54, 1.807) is 6.07 Å². The first-order valence-electron chi connectivity index (χ1n) is 8.70. The zero-order chi connectivity index (χ0) is 22.3. The smallest absolute Gasteiger partial charge is 0.276 e. The van der Waals surface area contributed by atoms with Gasteiger partial charge in [-0.2, -0.15) is 9.98 Å². The standard InChI is InChI=1S/C19H19FN4O5S/c1-4-15(25)19(2)10-29-17-14(30(27,28)23-19)9-24(3)16(17)18(26)22-12-5-6-13(20)11(7-12)8-21/h4-7,9,15,23,25H,1,10H2,2-3H3,(H,22,26)/t15-,19+/m1/s1. The number of rotatable bonds is 4. The Balaban J connectivity index is 2.01. The number of fused-ring (bicyclic) bond motifs is 1. The van der Waals surface area contributed by atoms with E-state index in [1.165, 1.54) is 36.9 Å². The van der Waals surface area contributed by atoms with E-state index in [0.717, 1.165) is 12.1 Å². The van der Waals surface area contributed by atoms with Crippen molar-refractivity contribution in [1.29, 1.82) is 5.26 Å². The van der Waals surface area contributed by atoms with Gasteiger partial charge in [0.1, 0.15) is 23.4 Å². The monoisotopic (exact) mass is 434 g/mol. The van der Waals surface area contributed by atoms with Crippen molar-refractivity contribution < 1.29 is 27.4 Å². The van der Waals surface area contributed by atoms with Crippen LogP contribution in [0, 0.1) is 17.1 Å². The number of nitrogens with one attached hydrogen (secondary N) is 2. The van der Waals surface area contributed by atoms with Crippen molar-refractivity contribution in [3.05, 3.63) is 54.1 Å². The van der Waals surface area contributed by atoms with Gasteiger partial charge in [0.25, 0.3) is 5.91 Å². The minimum absolute atomic E-state index is 0.101. The lowest BCUT2D eigenvalue weighted by molar-refractivity contribution is 0.0843. The number of ether oxygens (including phenoxy) is 1. The highest BCUT2D eigenvalue weighted by atomic mass is 32.2. The number of sulfonamides is 1. The molecule has 1 aromatic carbocycles. The van der Waals surface area contributed by atoms with Crippen LogP contribution in [0.3, 0.4) is 0 Å². The Morgan fingerprint density at radius 1 is 1.57 bits per heavy atom. The number of aliphatic hydroxyl groups is 1. The molecule has 11 heteroatoms. The van der Waals surface area contributed by atoms with Crippen LogP contribution in [0.4, 0.5) is 10.1 Å². The van der Waals surface area contributed by atoms with Gasteiger partial charge in [-0.15, -0.1) is 6.58 Å². The van der Waals surface area contributed by atoms with Crippen molar-refractivity contribution in [3.8, 4) is 11.8 Å². The van der Waals surface area contributed by atoms with Crippen molar-refractivity contribution in [1.82, 2.24) is 9.29 Å². The average molecular weight is 434 g/mol. The largest absolute Gasteiger partial charge is 0.488 e. The van der Waals surface area contributed by atoms with Gasteiger partial charge in [0.2, 0.25) is 10.0 Å². The topological polar surface area (TPSA) is 133 Å². The van der Waals surface area contributed by atoms with Gasteiger partial charge in [-0.1, -0.05) is 6.08 Å². The maximum atomic E-state index is 13.5. The Hall–Kier alpha value is -3.20. The molecule has 0 unspecified atom stereocenters. The minimum atomic E-state index is -4.14. The maximum Gasteiger partial charge on any atom is 0.276 e. The van der Waals surface area contributed by atoms with Gasteiger partial charge in [0.05, 0.1) is 17.2 Å². The Bertz CT molecular complexity index is 1180. The van der Waals surface area contributed by atoms with Crippen LogP contribution >= 0.6 is 0 Å². The van der Waals surface area contributed by atoms with Crippen molar-refractivity contribution in [2.24, 2.45) is 7.05 Å². The summed E-state index contributed by atoms with van der Waals surface area (Å²) in [6.45, 7) is 4.64. The zero-order valence-corrected chi connectivity index (χ0v) is 17.0. The number of anilines is 1. The molecule has 0 spiro atoms. The predicted molar refractivity (Wildman–Crippen MR) is 105 cm³/mol. The molecule has 158 valence electrons. The molecule has 0 saturated carbocycles. The summed E-state index contributed by atoms with van der Waals surface area (Å²) in [5, 5.41) is 21.6. The van der Waals surface area contributed by atoms with Crippen LogP contribution in [0.25, 0.3) is 0 Å². The van der Waals surface area contributed by atoms with Gasteiger partial charge in [-0.3, -0.25) is 4.79 Å². The minimum Gasteiger partial charge on any atom is -0.488 e. The molecule has 1 amide bonds. The van der Waals surface area contributed by atoms with E-state index in [9.17, 15) is 22.7 Å². The van der Waals surface area contributed by atoms with Gasteiger partial charge in [-0.05, 0) is 25.1 Å². The number of nitriles is 1. The molecule has 2 aromatic rings. The number of benzene rings is 1. The molecule has 9 nitrogen and oxygen atoms in total. The third-order valence-corrected chi connectivity index (χ3v) is 6.32. The Kier molecular flexibility index (Phi) is 5.42. The normalized spacial score (nSPS) is 20.8. The van der Waals surface area contributed by atoms with E-state index >= 15 is 0 Å². The SMILES string of the molecule is C=C[C@@H](O)[C@]1(C)COc2c(cn(C)c2C(=O)Nc2ccc(F)c(C#N)c2)S(=O)(=O)N1. The van der Waals surface area contributed by atoms with E-state index < -0.39 is 33.4 Å². The number of carbonyl (C=O) groups excluding carboxylic acids is 1. The van der Waals surface area contributed by atoms with Crippen LogP contribution in [0.2, 0.25) is 0 Å². The summed E-state index contributed by atoms with van der Waals surface area (Å²) in [4.78, 5) is 12.6. The maximum absolute atomic E-state index is 13.5. The van der Waals surface area contributed by atoms with Crippen LogP contribution in [0.15, 0.2) is 41.9 Å². The van der Waals surface area contributed by atoms with Gasteiger partial charge in [-0.25, -0.2) is 12.8 Å². The highest BCUT2D eigenvalue weighted by molar-refractivity contribution is 7.89. The van der Waals surface area contributed by atoms with Gasteiger partial charge in [0, 0.05) is 18.9 Å². The number of aliphatic hydroxyl groups excluding tert-OH is 1. The summed E-state index contributed by atoms with van der Waals surface area (Å²) in [7, 11) is -2.68. The fourth-order valence-corrected chi connectivity index (χ4v) is 4.67. The Morgan fingerprint density at radius 2 is 2.27 bits per heavy atom. The molecule has 1 aliphatic heterocycles. The number of nitrogens with zero attached hydrogens (tertiary/aromatic N) is 2. The van der Waals surface area contributed by atoms with Crippen molar-refractivity contribution >= 4 is 21.6 Å². The first kappa shape index (κ1) is 21.5. The third kappa shape index (κ3) is 3.68. The quantitative estimate of drug-likeness (QED) is 0.621. The lowest BCUT2D eigenvalue weighted by Crippen LogP contribution is -2.56. The molecule has 0 radical (unpaired) electrons. The lowest BCUT2D eigenvalue weighted by Gasteiger charge is -2.31. The molecule has 1 aromatic heterocycles. The number of amides is 1. The molecule has 3 N–H and O–H groups in total. The van der Waals surface area contributed by atoms with Crippen molar-refractivity contribution in [2.45, 2.75) is 23.5 Å². The number of hydrogen-bond acceptors (Lipinski definition) is 6. The number of aryl methyl sites for hydroxylation is 1. The molecule has 2 atom stereocenters. The highest BCUT2D eigenvalue weighted by Gasteiger charge is 2.43. The lowest BCUT2D eigenvalue weighted by atomic mass is 9.97. The second-order valence-electron chi connectivity index (χ2n) is 7.03. The summed E-state index contributed by atoms with van der Waals surface area (Å²) in [6.07, 6.45) is 1.15. The third-order valence-electron chi connectivity index (χ3n) is 4.71. The van der Waals surface area contributed by atoms with Gasteiger partial charge >= 0.3 is 0 Å². The summed E-state index contributed by atoms with van der Waals surface area (Å²) in [5.41, 5.74) is -1.61. The molecule has 30 heavy (non-hydrogen) atoms. The molecule has 0 saturated heterocycles. The van der Waals surface area contributed by atoms with Crippen LogP contribution in [-0.4, -0.2) is 42.2 Å². The molecule has 2 heterocycles. The number of halogens is 1. The summed E-state index contributed by atoms with van der Waals surface area (Å²) >= 11 is 0. The van der Waals surface area contributed by atoms with E-state index in [4.69, 9.17) is 10.00 Å². The molecular formula is C19H19FN4O5S. The molecule has 1 aliphatic rings. The number of carbonyl (C=O) groups is 1. The first-order chi connectivity index (χ1) is 14.0. The molecular weight excluding hydrogens is 415 g/mol. The van der Waals surface area contributed by atoms with E-state index in [-0.39, 0.29) is 34.2 Å². The Morgan fingerprint density at radius 3 is 2.90 bits per heavy atom. The zero-order valence-electron chi connectivity index (χ0n) is 16.1. The fraction of sp³-hybridized carbons (Fsp3) is 0.263. The molecule has 3 rings (SSSR count). The van der Waals surface area contributed by atoms with Crippen LogP contribution in [0.1, 0.15) is 23.0 Å².